The van der Waals surface area contributed by atoms with Gasteiger partial charge in [0.25, 0.3) is 0 Å². The minimum atomic E-state index is -3.65. The Morgan fingerprint density at radius 1 is 1.50 bits per heavy atom. The van der Waals surface area contributed by atoms with Gasteiger partial charge in [-0.25, -0.2) is 13.1 Å². The quantitative estimate of drug-likeness (QED) is 0.817. The van der Waals surface area contributed by atoms with Crippen molar-refractivity contribution in [3.8, 4) is 5.75 Å². The van der Waals surface area contributed by atoms with E-state index in [-0.39, 0.29) is 30.0 Å². The molecule has 1 aromatic carbocycles. The first-order valence-electron chi connectivity index (χ1n) is 7.20. The van der Waals surface area contributed by atoms with E-state index in [4.69, 9.17) is 10.5 Å². The van der Waals surface area contributed by atoms with Gasteiger partial charge in [0.15, 0.2) is 0 Å². The number of hydrogen-bond acceptors (Lipinski definition) is 5. The predicted octanol–water partition coefficient (Wildman–Crippen LogP) is 0.448. The molecule has 2 rings (SSSR count). The molecule has 1 unspecified atom stereocenters. The Labute approximate surface area is 130 Å². The Balaban J connectivity index is 2.42. The van der Waals surface area contributed by atoms with Gasteiger partial charge in [0.2, 0.25) is 15.9 Å². The van der Waals surface area contributed by atoms with E-state index in [1.165, 1.54) is 12.1 Å². The SMILES string of the molecule is CCC(=O)N1CC(C)Oc2ccc(S(=O)(=O)NCCN)cc21. The molecule has 1 heterocycles. The van der Waals surface area contributed by atoms with Crippen LogP contribution in [0.5, 0.6) is 5.75 Å². The topological polar surface area (TPSA) is 102 Å². The van der Waals surface area contributed by atoms with Gasteiger partial charge in [-0.05, 0) is 25.1 Å². The van der Waals surface area contributed by atoms with Crippen LogP contribution in [0.2, 0.25) is 0 Å². The van der Waals surface area contributed by atoms with Crippen LogP contribution in [0.3, 0.4) is 0 Å². The van der Waals surface area contributed by atoms with Crippen molar-refractivity contribution in [2.45, 2.75) is 31.3 Å². The minimum absolute atomic E-state index is 0.0686. The number of nitrogens with two attached hydrogens (primary N) is 1. The number of ether oxygens (including phenoxy) is 1. The molecule has 1 atom stereocenters. The fraction of sp³-hybridized carbons (Fsp3) is 0.500. The first-order chi connectivity index (χ1) is 10.4. The fourth-order valence-electron chi connectivity index (χ4n) is 2.29. The van der Waals surface area contributed by atoms with E-state index in [2.05, 4.69) is 4.72 Å². The standard InChI is InChI=1S/C14H21N3O4S/c1-3-14(18)17-9-10(2)21-13-5-4-11(8-12(13)17)22(19,20)16-7-6-15/h4-5,8,10,16H,3,6-7,9,15H2,1-2H3. The maximum absolute atomic E-state index is 12.2. The average molecular weight is 327 g/mol. The third-order valence-corrected chi connectivity index (χ3v) is 4.80. The average Bonchev–Trinajstić information content (AvgIpc) is 2.50. The van der Waals surface area contributed by atoms with E-state index in [1.54, 1.807) is 17.9 Å². The molecule has 22 heavy (non-hydrogen) atoms. The lowest BCUT2D eigenvalue weighted by molar-refractivity contribution is -0.118. The van der Waals surface area contributed by atoms with Gasteiger partial charge in [0, 0.05) is 19.5 Å². The smallest absolute Gasteiger partial charge is 0.240 e. The number of benzene rings is 1. The second-order valence-corrected chi connectivity index (χ2v) is 6.87. The molecule has 0 radical (unpaired) electrons. The Morgan fingerprint density at radius 2 is 2.23 bits per heavy atom. The van der Waals surface area contributed by atoms with Gasteiger partial charge in [-0.2, -0.15) is 0 Å². The van der Waals surface area contributed by atoms with Crippen LogP contribution in [-0.2, 0) is 14.8 Å². The Bertz CT molecular complexity index is 660. The molecule has 122 valence electrons. The first-order valence-corrected chi connectivity index (χ1v) is 8.68. The highest BCUT2D eigenvalue weighted by molar-refractivity contribution is 7.89. The van der Waals surface area contributed by atoms with Crippen molar-refractivity contribution in [2.75, 3.05) is 24.5 Å². The maximum atomic E-state index is 12.2. The van der Waals surface area contributed by atoms with Gasteiger partial charge in [-0.1, -0.05) is 6.92 Å². The number of nitrogens with zero attached hydrogens (tertiary/aromatic N) is 1. The maximum Gasteiger partial charge on any atom is 0.240 e. The van der Waals surface area contributed by atoms with Crippen molar-refractivity contribution in [2.24, 2.45) is 5.73 Å². The number of carbonyl (C=O) groups excluding carboxylic acids is 1. The molecule has 1 aromatic rings. The number of amides is 1. The van der Waals surface area contributed by atoms with Crippen molar-refractivity contribution in [1.82, 2.24) is 4.72 Å². The molecule has 0 bridgehead atoms. The molecule has 1 aliphatic rings. The molecule has 1 aliphatic heterocycles. The summed E-state index contributed by atoms with van der Waals surface area (Å²) in [5.41, 5.74) is 5.81. The lowest BCUT2D eigenvalue weighted by Crippen LogP contribution is -2.42. The number of hydrogen-bond donors (Lipinski definition) is 2. The molecule has 0 saturated carbocycles. The highest BCUT2D eigenvalue weighted by Gasteiger charge is 2.28. The molecular formula is C14H21N3O4S. The lowest BCUT2D eigenvalue weighted by atomic mass is 10.2. The normalized spacial score (nSPS) is 17.8. The minimum Gasteiger partial charge on any atom is -0.487 e. The zero-order valence-electron chi connectivity index (χ0n) is 12.7. The summed E-state index contributed by atoms with van der Waals surface area (Å²) in [6.45, 7) is 4.41. The molecule has 0 spiro atoms. The number of nitrogens with one attached hydrogen (secondary N) is 1. The second-order valence-electron chi connectivity index (χ2n) is 5.10. The van der Waals surface area contributed by atoms with E-state index in [9.17, 15) is 13.2 Å². The van der Waals surface area contributed by atoms with Crippen LogP contribution < -0.4 is 20.1 Å². The van der Waals surface area contributed by atoms with Gasteiger partial charge < -0.3 is 15.4 Å². The van der Waals surface area contributed by atoms with Crippen molar-refractivity contribution in [3.63, 3.8) is 0 Å². The number of sulfonamides is 1. The number of fused-ring (bicyclic) bond motifs is 1. The van der Waals surface area contributed by atoms with Crippen LogP contribution in [0.1, 0.15) is 20.3 Å². The van der Waals surface area contributed by atoms with E-state index in [1.807, 2.05) is 6.92 Å². The summed E-state index contributed by atoms with van der Waals surface area (Å²) in [5, 5.41) is 0. The van der Waals surface area contributed by atoms with E-state index in [0.717, 1.165) is 0 Å². The molecule has 8 heteroatoms. The summed E-state index contributed by atoms with van der Waals surface area (Å²) in [6.07, 6.45) is 0.204. The number of carbonyl (C=O) groups is 1. The fourth-order valence-corrected chi connectivity index (χ4v) is 3.36. The molecular weight excluding hydrogens is 306 g/mol. The summed E-state index contributed by atoms with van der Waals surface area (Å²) < 4.78 is 32.4. The third kappa shape index (κ3) is 3.40. The van der Waals surface area contributed by atoms with Crippen LogP contribution >= 0.6 is 0 Å². The molecule has 0 saturated heterocycles. The number of anilines is 1. The van der Waals surface area contributed by atoms with Crippen molar-refractivity contribution in [1.29, 1.82) is 0 Å². The zero-order valence-corrected chi connectivity index (χ0v) is 13.5. The first kappa shape index (κ1) is 16.7. The Morgan fingerprint density at radius 3 is 2.86 bits per heavy atom. The highest BCUT2D eigenvalue weighted by Crippen LogP contribution is 2.35. The van der Waals surface area contributed by atoms with Gasteiger partial charge in [0.1, 0.15) is 11.9 Å². The van der Waals surface area contributed by atoms with Crippen molar-refractivity contribution >= 4 is 21.6 Å². The van der Waals surface area contributed by atoms with Gasteiger partial charge >= 0.3 is 0 Å². The third-order valence-electron chi connectivity index (χ3n) is 3.34. The lowest BCUT2D eigenvalue weighted by Gasteiger charge is -2.33. The molecule has 1 amide bonds. The highest BCUT2D eigenvalue weighted by atomic mass is 32.2. The van der Waals surface area contributed by atoms with Gasteiger partial charge in [-0.15, -0.1) is 0 Å². The Kier molecular flexibility index (Phi) is 5.05. The van der Waals surface area contributed by atoms with Crippen LogP contribution in [0, 0.1) is 0 Å². The van der Waals surface area contributed by atoms with E-state index in [0.29, 0.717) is 24.4 Å². The van der Waals surface area contributed by atoms with Gasteiger partial charge in [0.05, 0.1) is 17.1 Å². The summed E-state index contributed by atoms with van der Waals surface area (Å²) in [6, 6.07) is 4.51. The van der Waals surface area contributed by atoms with Crippen LogP contribution in [0.15, 0.2) is 23.1 Å². The molecule has 3 N–H and O–H groups in total. The number of rotatable bonds is 5. The summed E-state index contributed by atoms with van der Waals surface area (Å²) >= 11 is 0. The van der Waals surface area contributed by atoms with Gasteiger partial charge in [-0.3, -0.25) is 4.79 Å². The summed E-state index contributed by atoms with van der Waals surface area (Å²) in [4.78, 5) is 13.8. The molecule has 0 fully saturated rings. The largest absolute Gasteiger partial charge is 0.487 e. The summed E-state index contributed by atoms with van der Waals surface area (Å²) in [5.74, 6) is 0.444. The Hall–Kier alpha value is -1.64. The monoisotopic (exact) mass is 327 g/mol. The molecule has 0 aromatic heterocycles. The van der Waals surface area contributed by atoms with Crippen LogP contribution in [0.25, 0.3) is 0 Å². The molecule has 0 aliphatic carbocycles. The van der Waals surface area contributed by atoms with Crippen LogP contribution in [-0.4, -0.2) is 40.1 Å². The summed E-state index contributed by atoms with van der Waals surface area (Å²) in [7, 11) is -3.65. The zero-order chi connectivity index (χ0) is 16.3. The predicted molar refractivity (Wildman–Crippen MR) is 83.4 cm³/mol. The van der Waals surface area contributed by atoms with Crippen molar-refractivity contribution in [3.05, 3.63) is 18.2 Å². The molecule has 7 nitrogen and oxygen atoms in total. The second kappa shape index (κ2) is 6.64. The van der Waals surface area contributed by atoms with E-state index < -0.39 is 10.0 Å². The van der Waals surface area contributed by atoms with Crippen molar-refractivity contribution < 1.29 is 17.9 Å². The van der Waals surface area contributed by atoms with E-state index >= 15 is 0 Å². The van der Waals surface area contributed by atoms with Crippen LogP contribution in [0.4, 0.5) is 5.69 Å².